The Labute approximate surface area is 103 Å². The molecule has 0 atom stereocenters. The fourth-order valence-corrected chi connectivity index (χ4v) is 2.18. The van der Waals surface area contributed by atoms with Gasteiger partial charge in [0.15, 0.2) is 0 Å². The van der Waals surface area contributed by atoms with Gasteiger partial charge in [0.1, 0.15) is 5.60 Å². The normalized spacial score (nSPS) is 32.5. The quantitative estimate of drug-likeness (QED) is 0.418. The molecule has 0 aromatic carbocycles. The molecule has 1 fully saturated rings. The summed E-state index contributed by atoms with van der Waals surface area (Å²) in [5, 5.41) is 0. The molecule has 94 valence electrons. The first kappa shape index (κ1) is 13.7. The van der Waals surface area contributed by atoms with Crippen molar-refractivity contribution < 1.29 is 14.3 Å². The first-order valence-corrected chi connectivity index (χ1v) is 5.73. The molecule has 0 amide bonds. The topological polar surface area (TPSA) is 35.5 Å². The minimum atomic E-state index is -0.587. The van der Waals surface area contributed by atoms with Crippen LogP contribution in [0, 0.1) is 0 Å². The molecule has 1 rings (SSSR count). The van der Waals surface area contributed by atoms with Gasteiger partial charge >= 0.3 is 5.97 Å². The molecule has 0 aromatic heterocycles. The van der Waals surface area contributed by atoms with Gasteiger partial charge in [-0.15, -0.1) is 6.58 Å². The maximum atomic E-state index is 11.3. The summed E-state index contributed by atoms with van der Waals surface area (Å²) in [6.07, 6.45) is 7.63. The molecule has 1 aliphatic carbocycles. The van der Waals surface area contributed by atoms with Gasteiger partial charge in [0, 0.05) is 13.2 Å². The number of hydrogen-bond acceptors (Lipinski definition) is 3. The van der Waals surface area contributed by atoms with Crippen LogP contribution in [-0.2, 0) is 14.3 Å². The van der Waals surface area contributed by atoms with E-state index in [1.807, 2.05) is 6.08 Å². The van der Waals surface area contributed by atoms with Crippen molar-refractivity contribution in [1.82, 2.24) is 0 Å². The summed E-state index contributed by atoms with van der Waals surface area (Å²) in [6.45, 7) is 11.0. The predicted molar refractivity (Wildman–Crippen MR) is 67.6 cm³/mol. The van der Waals surface area contributed by atoms with Gasteiger partial charge in [-0.25, -0.2) is 4.79 Å². The van der Waals surface area contributed by atoms with E-state index < -0.39 is 11.6 Å². The average molecular weight is 236 g/mol. The molecule has 3 heteroatoms. The van der Waals surface area contributed by atoms with Crippen LogP contribution in [0.3, 0.4) is 0 Å². The molecule has 0 spiro atoms. The number of hydrogen-bond donors (Lipinski definition) is 0. The summed E-state index contributed by atoms with van der Waals surface area (Å²) in [7, 11) is 1.68. The van der Waals surface area contributed by atoms with Crippen LogP contribution in [-0.4, -0.2) is 24.3 Å². The smallest absolute Gasteiger partial charge is 0.331 e. The Kier molecular flexibility index (Phi) is 4.29. The summed E-state index contributed by atoms with van der Waals surface area (Å²) >= 11 is 0. The first-order chi connectivity index (χ1) is 8.05. The van der Waals surface area contributed by atoms with Crippen LogP contribution in [0.15, 0.2) is 38.0 Å². The standard InChI is InChI=1S/C14H20O3/c1-5-12(15)17-14(7-3)10-8-13(6-2,16-4)9-11-14/h5-7H,1-3,8-11H2,4H3. The molecule has 0 aliphatic heterocycles. The molecule has 0 aromatic rings. The number of carbonyl (C=O) groups excluding carboxylic acids is 1. The first-order valence-electron chi connectivity index (χ1n) is 5.73. The van der Waals surface area contributed by atoms with Crippen molar-refractivity contribution in [2.24, 2.45) is 0 Å². The van der Waals surface area contributed by atoms with Crippen molar-refractivity contribution in [2.45, 2.75) is 36.9 Å². The Hall–Kier alpha value is -1.35. The minimum Gasteiger partial charge on any atom is -0.452 e. The number of rotatable bonds is 5. The van der Waals surface area contributed by atoms with E-state index in [4.69, 9.17) is 9.47 Å². The van der Waals surface area contributed by atoms with Crippen molar-refractivity contribution in [3.8, 4) is 0 Å². The van der Waals surface area contributed by atoms with E-state index in [0.29, 0.717) is 12.8 Å². The van der Waals surface area contributed by atoms with Crippen LogP contribution in [0.2, 0.25) is 0 Å². The third-order valence-corrected chi connectivity index (χ3v) is 3.56. The lowest BCUT2D eigenvalue weighted by Gasteiger charge is -2.42. The Morgan fingerprint density at radius 3 is 1.88 bits per heavy atom. The van der Waals surface area contributed by atoms with E-state index in [2.05, 4.69) is 19.7 Å². The van der Waals surface area contributed by atoms with Crippen LogP contribution in [0.1, 0.15) is 25.7 Å². The van der Waals surface area contributed by atoms with Crippen molar-refractivity contribution in [2.75, 3.05) is 7.11 Å². The Bertz CT molecular complexity index is 322. The van der Waals surface area contributed by atoms with Gasteiger partial charge in [-0.05, 0) is 31.8 Å². The highest BCUT2D eigenvalue weighted by molar-refractivity contribution is 5.81. The molecule has 0 bridgehead atoms. The molecule has 0 saturated heterocycles. The highest BCUT2D eigenvalue weighted by atomic mass is 16.6. The maximum Gasteiger partial charge on any atom is 0.331 e. The van der Waals surface area contributed by atoms with Crippen LogP contribution in [0.25, 0.3) is 0 Å². The van der Waals surface area contributed by atoms with Gasteiger partial charge < -0.3 is 9.47 Å². The van der Waals surface area contributed by atoms with E-state index in [-0.39, 0.29) is 5.60 Å². The average Bonchev–Trinajstić information content (AvgIpc) is 2.40. The van der Waals surface area contributed by atoms with Crippen molar-refractivity contribution in [3.63, 3.8) is 0 Å². The second-order valence-corrected chi connectivity index (χ2v) is 4.37. The number of carbonyl (C=O) groups is 1. The molecule has 1 saturated carbocycles. The highest BCUT2D eigenvalue weighted by Crippen LogP contribution is 2.40. The zero-order chi connectivity index (χ0) is 12.9. The number of ether oxygens (including phenoxy) is 2. The monoisotopic (exact) mass is 236 g/mol. The fraction of sp³-hybridized carbons (Fsp3) is 0.500. The van der Waals surface area contributed by atoms with Crippen molar-refractivity contribution in [1.29, 1.82) is 0 Å². The lowest BCUT2D eigenvalue weighted by atomic mass is 9.76. The summed E-state index contributed by atoms with van der Waals surface area (Å²) in [6, 6.07) is 0. The lowest BCUT2D eigenvalue weighted by Crippen LogP contribution is -2.44. The largest absolute Gasteiger partial charge is 0.452 e. The lowest BCUT2D eigenvalue weighted by molar-refractivity contribution is -0.155. The summed E-state index contributed by atoms with van der Waals surface area (Å²) < 4.78 is 10.9. The van der Waals surface area contributed by atoms with Crippen molar-refractivity contribution >= 4 is 5.97 Å². The molecule has 0 heterocycles. The zero-order valence-electron chi connectivity index (χ0n) is 10.4. The Morgan fingerprint density at radius 1 is 1.06 bits per heavy atom. The van der Waals surface area contributed by atoms with Gasteiger partial charge in [-0.3, -0.25) is 0 Å². The second-order valence-electron chi connectivity index (χ2n) is 4.37. The second kappa shape index (κ2) is 5.32. The van der Waals surface area contributed by atoms with E-state index in [1.165, 1.54) is 6.08 Å². The van der Waals surface area contributed by atoms with Gasteiger partial charge in [-0.2, -0.15) is 0 Å². The van der Waals surface area contributed by atoms with Gasteiger partial charge in [-0.1, -0.05) is 19.2 Å². The van der Waals surface area contributed by atoms with Crippen molar-refractivity contribution in [3.05, 3.63) is 38.0 Å². The van der Waals surface area contributed by atoms with Crippen LogP contribution >= 0.6 is 0 Å². The third kappa shape index (κ3) is 2.86. The molecule has 1 aliphatic rings. The molecule has 3 nitrogen and oxygen atoms in total. The molecule has 0 unspecified atom stereocenters. The molecule has 17 heavy (non-hydrogen) atoms. The van der Waals surface area contributed by atoms with Crippen LogP contribution in [0.5, 0.6) is 0 Å². The van der Waals surface area contributed by atoms with Gasteiger partial charge in [0.25, 0.3) is 0 Å². The SMILES string of the molecule is C=CC(=O)OC1(C=C)CCC(C=C)(OC)CC1. The maximum absolute atomic E-state index is 11.3. The molecule has 0 radical (unpaired) electrons. The van der Waals surface area contributed by atoms with Crippen LogP contribution in [0.4, 0.5) is 0 Å². The summed E-state index contributed by atoms with van der Waals surface area (Å²) in [4.78, 5) is 11.3. The van der Waals surface area contributed by atoms with Crippen LogP contribution < -0.4 is 0 Å². The van der Waals surface area contributed by atoms with E-state index in [1.54, 1.807) is 13.2 Å². The van der Waals surface area contributed by atoms with E-state index in [0.717, 1.165) is 12.8 Å². The number of esters is 1. The third-order valence-electron chi connectivity index (χ3n) is 3.56. The predicted octanol–water partition coefficient (Wildman–Crippen LogP) is 2.79. The zero-order valence-corrected chi connectivity index (χ0v) is 10.4. The molecular weight excluding hydrogens is 216 g/mol. The minimum absolute atomic E-state index is 0.299. The summed E-state index contributed by atoms with van der Waals surface area (Å²) in [5.41, 5.74) is -0.886. The van der Waals surface area contributed by atoms with E-state index in [9.17, 15) is 4.79 Å². The molecular formula is C14H20O3. The Morgan fingerprint density at radius 2 is 1.53 bits per heavy atom. The summed E-state index contributed by atoms with van der Waals surface area (Å²) in [5.74, 6) is -0.409. The Balaban J connectivity index is 2.75. The fourth-order valence-electron chi connectivity index (χ4n) is 2.18. The number of methoxy groups -OCH3 is 1. The van der Waals surface area contributed by atoms with Gasteiger partial charge in [0.05, 0.1) is 5.60 Å². The highest BCUT2D eigenvalue weighted by Gasteiger charge is 2.42. The molecule has 0 N–H and O–H groups in total. The van der Waals surface area contributed by atoms with Gasteiger partial charge in [0.2, 0.25) is 0 Å². The van der Waals surface area contributed by atoms with E-state index >= 15 is 0 Å².